The standard InChI is InChI=1S/C29H45NO3/c1-6-7-8-9-14-28(2,3)21-18-24-26-22-17-20(27(31)30-15-10-11-16-32-24)12-13-23(22)29(4,5)33-25(26)19-21/h18-20,22-23H,6-17H2,1-5H3,(H,30,31). The average molecular weight is 456 g/mol. The summed E-state index contributed by atoms with van der Waals surface area (Å²) in [4.78, 5) is 12.9. The van der Waals surface area contributed by atoms with Gasteiger partial charge in [-0.05, 0) is 81.4 Å². The van der Waals surface area contributed by atoms with E-state index in [0.29, 0.717) is 18.4 Å². The fraction of sp³-hybridized carbons (Fsp3) is 0.759. The monoisotopic (exact) mass is 455 g/mol. The van der Waals surface area contributed by atoms with Gasteiger partial charge in [0.15, 0.2) is 0 Å². The van der Waals surface area contributed by atoms with Crippen molar-refractivity contribution in [2.45, 2.75) is 116 Å². The normalized spacial score (nSPS) is 26.8. The Bertz CT molecular complexity index is 844. The van der Waals surface area contributed by atoms with E-state index in [2.05, 4.69) is 52.1 Å². The van der Waals surface area contributed by atoms with Crippen LogP contribution in [0.4, 0.5) is 0 Å². The summed E-state index contributed by atoms with van der Waals surface area (Å²) in [6.45, 7) is 12.9. The van der Waals surface area contributed by atoms with E-state index in [9.17, 15) is 4.79 Å². The maximum Gasteiger partial charge on any atom is 0.223 e. The molecular weight excluding hydrogens is 410 g/mol. The van der Waals surface area contributed by atoms with E-state index in [0.717, 1.165) is 50.1 Å². The lowest BCUT2D eigenvalue weighted by Gasteiger charge is -2.49. The molecule has 4 nitrogen and oxygen atoms in total. The third kappa shape index (κ3) is 5.20. The Labute approximate surface area is 201 Å². The van der Waals surface area contributed by atoms with Crippen LogP contribution in [0.1, 0.15) is 116 Å². The summed E-state index contributed by atoms with van der Waals surface area (Å²) >= 11 is 0. The molecule has 0 aromatic heterocycles. The van der Waals surface area contributed by atoms with Gasteiger partial charge >= 0.3 is 0 Å². The molecule has 3 atom stereocenters. The highest BCUT2D eigenvalue weighted by molar-refractivity contribution is 5.79. The van der Waals surface area contributed by atoms with Gasteiger partial charge in [0.25, 0.3) is 0 Å². The van der Waals surface area contributed by atoms with Crippen LogP contribution in [0.25, 0.3) is 0 Å². The molecule has 2 aliphatic heterocycles. The lowest BCUT2D eigenvalue weighted by Crippen LogP contribution is -2.48. The minimum atomic E-state index is -0.239. The van der Waals surface area contributed by atoms with Crippen LogP contribution in [0.15, 0.2) is 12.1 Å². The van der Waals surface area contributed by atoms with Crippen LogP contribution in [-0.2, 0) is 10.2 Å². The molecule has 184 valence electrons. The van der Waals surface area contributed by atoms with E-state index in [-0.39, 0.29) is 22.8 Å². The van der Waals surface area contributed by atoms with Crippen LogP contribution in [-0.4, -0.2) is 24.7 Å². The smallest absolute Gasteiger partial charge is 0.223 e. The quantitative estimate of drug-likeness (QED) is 0.475. The van der Waals surface area contributed by atoms with Crippen LogP contribution in [0.2, 0.25) is 0 Å². The first-order valence-corrected chi connectivity index (χ1v) is 13.5. The number of carbonyl (C=O) groups excluding carboxylic acids is 1. The fourth-order valence-corrected chi connectivity index (χ4v) is 6.38. The highest BCUT2D eigenvalue weighted by atomic mass is 16.5. The molecule has 3 aliphatic rings. The van der Waals surface area contributed by atoms with Crippen LogP contribution >= 0.6 is 0 Å². The van der Waals surface area contributed by atoms with Gasteiger partial charge < -0.3 is 14.8 Å². The Hall–Kier alpha value is -1.71. The summed E-state index contributed by atoms with van der Waals surface area (Å²) in [7, 11) is 0. The molecule has 33 heavy (non-hydrogen) atoms. The van der Waals surface area contributed by atoms with Gasteiger partial charge in [-0.2, -0.15) is 0 Å². The highest BCUT2D eigenvalue weighted by Crippen LogP contribution is 2.56. The highest BCUT2D eigenvalue weighted by Gasteiger charge is 2.49. The fourth-order valence-electron chi connectivity index (χ4n) is 6.38. The maximum atomic E-state index is 12.9. The molecule has 2 bridgehead atoms. The molecule has 1 N–H and O–H groups in total. The molecule has 1 amide bonds. The van der Waals surface area contributed by atoms with Crippen molar-refractivity contribution in [3.05, 3.63) is 23.3 Å². The van der Waals surface area contributed by atoms with E-state index < -0.39 is 0 Å². The summed E-state index contributed by atoms with van der Waals surface area (Å²) in [5.41, 5.74) is 2.38. The zero-order chi connectivity index (χ0) is 23.6. The van der Waals surface area contributed by atoms with Crippen molar-refractivity contribution >= 4 is 5.91 Å². The Morgan fingerprint density at radius 2 is 1.88 bits per heavy atom. The van der Waals surface area contributed by atoms with E-state index in [4.69, 9.17) is 9.47 Å². The zero-order valence-corrected chi connectivity index (χ0v) is 21.6. The SMILES string of the molecule is CCCCCCC(C)(C)c1cc2c3c(c1)OC(C)(C)C1CCC(CC31)C(=O)NCCCCO2. The Kier molecular flexibility index (Phi) is 7.31. The Morgan fingerprint density at radius 3 is 2.67 bits per heavy atom. The third-order valence-electron chi connectivity index (χ3n) is 8.53. The number of fused-ring (bicyclic) bond motifs is 1. The minimum Gasteiger partial charge on any atom is -0.493 e. The molecule has 1 aromatic rings. The number of hydrogen-bond donors (Lipinski definition) is 1. The summed E-state index contributed by atoms with van der Waals surface area (Å²) in [5.74, 6) is 3.06. The van der Waals surface area contributed by atoms with E-state index in [1.165, 1.54) is 43.2 Å². The minimum absolute atomic E-state index is 0.0751. The van der Waals surface area contributed by atoms with E-state index >= 15 is 0 Å². The Balaban J connectivity index is 1.73. The predicted octanol–water partition coefficient (Wildman–Crippen LogP) is 6.89. The third-order valence-corrected chi connectivity index (χ3v) is 8.53. The van der Waals surface area contributed by atoms with E-state index in [1.807, 2.05) is 0 Å². The van der Waals surface area contributed by atoms with Crippen molar-refractivity contribution < 1.29 is 14.3 Å². The lowest BCUT2D eigenvalue weighted by atomic mass is 9.63. The first-order chi connectivity index (χ1) is 15.7. The van der Waals surface area contributed by atoms with Crippen LogP contribution in [0.3, 0.4) is 0 Å². The van der Waals surface area contributed by atoms with Gasteiger partial charge in [0.2, 0.25) is 5.91 Å². The molecule has 0 saturated heterocycles. The van der Waals surface area contributed by atoms with Gasteiger partial charge in [0.1, 0.15) is 17.1 Å². The molecule has 1 aromatic carbocycles. The number of amides is 1. The molecule has 2 heterocycles. The van der Waals surface area contributed by atoms with Crippen molar-refractivity contribution in [2.75, 3.05) is 13.2 Å². The van der Waals surface area contributed by atoms with Crippen molar-refractivity contribution in [3.63, 3.8) is 0 Å². The van der Waals surface area contributed by atoms with Gasteiger partial charge in [0, 0.05) is 23.9 Å². The number of hydrogen-bond acceptors (Lipinski definition) is 3. The largest absolute Gasteiger partial charge is 0.493 e. The summed E-state index contributed by atoms with van der Waals surface area (Å²) < 4.78 is 13.2. The van der Waals surface area contributed by atoms with E-state index in [1.54, 1.807) is 0 Å². The second kappa shape index (κ2) is 9.88. The predicted molar refractivity (Wildman–Crippen MR) is 134 cm³/mol. The molecule has 4 rings (SSSR count). The molecule has 3 unspecified atom stereocenters. The molecule has 1 aliphatic carbocycles. The van der Waals surface area contributed by atoms with Gasteiger partial charge in [-0.15, -0.1) is 0 Å². The van der Waals surface area contributed by atoms with Gasteiger partial charge in [-0.3, -0.25) is 4.79 Å². The molecule has 1 fully saturated rings. The maximum absolute atomic E-state index is 12.9. The van der Waals surface area contributed by atoms with Crippen LogP contribution < -0.4 is 14.8 Å². The topological polar surface area (TPSA) is 47.6 Å². The van der Waals surface area contributed by atoms with Crippen molar-refractivity contribution in [1.82, 2.24) is 5.32 Å². The van der Waals surface area contributed by atoms with Gasteiger partial charge in [0.05, 0.1) is 6.61 Å². The molecule has 0 spiro atoms. The zero-order valence-electron chi connectivity index (χ0n) is 21.6. The number of unbranched alkanes of at least 4 members (excludes halogenated alkanes) is 3. The van der Waals surface area contributed by atoms with Gasteiger partial charge in [-0.1, -0.05) is 46.5 Å². The second-order valence-electron chi connectivity index (χ2n) is 11.9. The first kappa shape index (κ1) is 24.4. The lowest BCUT2D eigenvalue weighted by molar-refractivity contribution is -0.127. The average Bonchev–Trinajstić information content (AvgIpc) is 2.77. The molecule has 0 radical (unpaired) electrons. The number of rotatable bonds is 6. The van der Waals surface area contributed by atoms with Crippen molar-refractivity contribution in [2.24, 2.45) is 11.8 Å². The Morgan fingerprint density at radius 1 is 1.09 bits per heavy atom. The molecular formula is C29H45NO3. The number of benzene rings is 1. The summed E-state index contributed by atoms with van der Waals surface area (Å²) in [6.07, 6.45) is 11.1. The number of nitrogens with one attached hydrogen (secondary N) is 1. The van der Waals surface area contributed by atoms with Gasteiger partial charge in [-0.25, -0.2) is 0 Å². The number of ether oxygens (including phenoxy) is 2. The summed E-state index contributed by atoms with van der Waals surface area (Å²) in [6, 6.07) is 4.61. The number of carbonyl (C=O) groups is 1. The summed E-state index contributed by atoms with van der Waals surface area (Å²) in [5, 5.41) is 3.18. The molecule has 1 saturated carbocycles. The first-order valence-electron chi connectivity index (χ1n) is 13.5. The van der Waals surface area contributed by atoms with Crippen LogP contribution in [0.5, 0.6) is 11.5 Å². The van der Waals surface area contributed by atoms with Crippen LogP contribution in [0, 0.1) is 11.8 Å². The van der Waals surface area contributed by atoms with Crippen molar-refractivity contribution in [3.8, 4) is 11.5 Å². The van der Waals surface area contributed by atoms with Crippen molar-refractivity contribution in [1.29, 1.82) is 0 Å². The molecule has 4 heteroatoms. The second-order valence-corrected chi connectivity index (χ2v) is 11.9.